The molecule has 1 N–H and O–H groups in total. The zero-order valence-electron chi connectivity index (χ0n) is 8.45. The summed E-state index contributed by atoms with van der Waals surface area (Å²) in [6.45, 7) is 1.89. The smallest absolute Gasteiger partial charge is 0.231 e. The molecule has 0 saturated carbocycles. The van der Waals surface area contributed by atoms with E-state index in [0.717, 1.165) is 36.6 Å². The van der Waals surface area contributed by atoms with Gasteiger partial charge in [-0.15, -0.1) is 12.3 Å². The molecule has 0 radical (unpaired) electrons. The van der Waals surface area contributed by atoms with Gasteiger partial charge in [0.2, 0.25) is 6.79 Å². The highest BCUT2D eigenvalue weighted by atomic mass is 16.7. The van der Waals surface area contributed by atoms with Crippen LogP contribution in [0.3, 0.4) is 0 Å². The van der Waals surface area contributed by atoms with E-state index >= 15 is 0 Å². The number of rotatable bonds is 4. The van der Waals surface area contributed by atoms with Gasteiger partial charge in [-0.05, 0) is 6.07 Å². The van der Waals surface area contributed by atoms with Crippen molar-refractivity contribution in [2.24, 2.45) is 0 Å². The highest BCUT2D eigenvalue weighted by Crippen LogP contribution is 2.35. The summed E-state index contributed by atoms with van der Waals surface area (Å²) < 4.78 is 10.7. The van der Waals surface area contributed by atoms with E-state index in [0.29, 0.717) is 6.79 Å². The molecule has 1 aromatic carbocycles. The third-order valence-electron chi connectivity index (χ3n) is 2.24. The van der Waals surface area contributed by atoms with E-state index in [1.807, 2.05) is 18.2 Å². The second kappa shape index (κ2) is 4.72. The molecular weight excluding hydrogens is 190 g/mol. The lowest BCUT2D eigenvalue weighted by atomic mass is 10.2. The highest BCUT2D eigenvalue weighted by Gasteiger charge is 2.16. The second-order valence-corrected chi connectivity index (χ2v) is 3.28. The number of ether oxygens (including phenoxy) is 2. The van der Waals surface area contributed by atoms with Crippen molar-refractivity contribution in [3.63, 3.8) is 0 Å². The van der Waals surface area contributed by atoms with Crippen molar-refractivity contribution in [3.05, 3.63) is 23.8 Å². The first-order chi connectivity index (χ1) is 7.42. The summed E-state index contributed by atoms with van der Waals surface area (Å²) in [6.07, 6.45) is 5.91. The van der Waals surface area contributed by atoms with E-state index < -0.39 is 0 Å². The Kier molecular flexibility index (Phi) is 3.11. The topological polar surface area (TPSA) is 30.5 Å². The molecule has 0 saturated heterocycles. The van der Waals surface area contributed by atoms with E-state index in [4.69, 9.17) is 15.9 Å². The molecule has 0 bridgehead atoms. The molecule has 1 heterocycles. The van der Waals surface area contributed by atoms with Crippen LogP contribution in [-0.4, -0.2) is 13.3 Å². The summed E-state index contributed by atoms with van der Waals surface area (Å²) in [7, 11) is 0. The Balaban J connectivity index is 1.97. The van der Waals surface area contributed by atoms with Gasteiger partial charge < -0.3 is 14.8 Å². The lowest BCUT2D eigenvalue weighted by Gasteiger charge is -2.06. The third-order valence-corrected chi connectivity index (χ3v) is 2.24. The van der Waals surface area contributed by atoms with Crippen molar-refractivity contribution >= 4 is 0 Å². The average Bonchev–Trinajstić information content (AvgIpc) is 2.73. The van der Waals surface area contributed by atoms with Gasteiger partial charge in [0.1, 0.15) is 0 Å². The minimum absolute atomic E-state index is 0.316. The van der Waals surface area contributed by atoms with E-state index in [2.05, 4.69) is 11.2 Å². The number of terminal acetylenes is 1. The minimum atomic E-state index is 0.316. The van der Waals surface area contributed by atoms with E-state index in [9.17, 15) is 0 Å². The number of para-hydroxylation sites is 1. The Morgan fingerprint density at radius 3 is 3.20 bits per heavy atom. The summed E-state index contributed by atoms with van der Waals surface area (Å²) >= 11 is 0. The molecule has 0 aliphatic carbocycles. The lowest BCUT2D eigenvalue weighted by Crippen LogP contribution is -2.14. The maximum Gasteiger partial charge on any atom is 0.231 e. The maximum absolute atomic E-state index is 5.38. The molecule has 1 aliphatic heterocycles. The molecule has 0 amide bonds. The first-order valence-electron chi connectivity index (χ1n) is 4.93. The molecule has 0 atom stereocenters. The molecule has 0 aromatic heterocycles. The highest BCUT2D eigenvalue weighted by molar-refractivity contribution is 5.48. The van der Waals surface area contributed by atoms with Crippen LogP contribution in [0.25, 0.3) is 0 Å². The molecule has 1 aromatic rings. The van der Waals surface area contributed by atoms with Crippen LogP contribution >= 0.6 is 0 Å². The van der Waals surface area contributed by atoms with Gasteiger partial charge in [0.15, 0.2) is 11.5 Å². The van der Waals surface area contributed by atoms with E-state index in [1.165, 1.54) is 0 Å². The fourth-order valence-corrected chi connectivity index (χ4v) is 1.51. The van der Waals surface area contributed by atoms with Gasteiger partial charge in [-0.2, -0.15) is 0 Å². The number of nitrogens with one attached hydrogen (secondary N) is 1. The van der Waals surface area contributed by atoms with E-state index in [-0.39, 0.29) is 0 Å². The SMILES string of the molecule is C#CCCNCc1cccc2c1OCO2. The zero-order chi connectivity index (χ0) is 10.5. The first-order valence-corrected chi connectivity index (χ1v) is 4.93. The summed E-state index contributed by atoms with van der Waals surface area (Å²) in [6, 6.07) is 5.90. The van der Waals surface area contributed by atoms with Gasteiger partial charge in [0.05, 0.1) is 0 Å². The van der Waals surface area contributed by atoms with Crippen LogP contribution in [0, 0.1) is 12.3 Å². The first kappa shape index (κ1) is 9.88. The normalized spacial score (nSPS) is 12.5. The maximum atomic E-state index is 5.38. The average molecular weight is 203 g/mol. The number of hydrogen-bond donors (Lipinski definition) is 1. The van der Waals surface area contributed by atoms with Crippen molar-refractivity contribution in [1.82, 2.24) is 5.32 Å². The monoisotopic (exact) mass is 203 g/mol. The van der Waals surface area contributed by atoms with Crippen LogP contribution < -0.4 is 14.8 Å². The van der Waals surface area contributed by atoms with Gasteiger partial charge in [0.25, 0.3) is 0 Å². The Bertz CT molecular complexity index is 382. The van der Waals surface area contributed by atoms with Crippen molar-refractivity contribution in [3.8, 4) is 23.8 Å². The molecule has 0 fully saturated rings. The zero-order valence-corrected chi connectivity index (χ0v) is 8.45. The van der Waals surface area contributed by atoms with Crippen LogP contribution in [0.5, 0.6) is 11.5 Å². The van der Waals surface area contributed by atoms with Gasteiger partial charge >= 0.3 is 0 Å². The molecule has 2 rings (SSSR count). The minimum Gasteiger partial charge on any atom is -0.454 e. The fraction of sp³-hybridized carbons (Fsp3) is 0.333. The molecule has 15 heavy (non-hydrogen) atoms. The van der Waals surface area contributed by atoms with Crippen LogP contribution in [0.15, 0.2) is 18.2 Å². The lowest BCUT2D eigenvalue weighted by molar-refractivity contribution is 0.173. The van der Waals surface area contributed by atoms with Crippen molar-refractivity contribution < 1.29 is 9.47 Å². The standard InChI is InChI=1S/C12H13NO2/c1-2-3-7-13-8-10-5-4-6-11-12(10)15-9-14-11/h1,4-6,13H,3,7-9H2. The largest absolute Gasteiger partial charge is 0.454 e. The van der Waals surface area contributed by atoms with Crippen LogP contribution in [-0.2, 0) is 6.54 Å². The van der Waals surface area contributed by atoms with Crippen molar-refractivity contribution in [2.75, 3.05) is 13.3 Å². The van der Waals surface area contributed by atoms with E-state index in [1.54, 1.807) is 0 Å². The van der Waals surface area contributed by atoms with Crippen molar-refractivity contribution in [1.29, 1.82) is 0 Å². The second-order valence-electron chi connectivity index (χ2n) is 3.28. The third kappa shape index (κ3) is 2.23. The Hall–Kier alpha value is -1.66. The molecular formula is C12H13NO2. The fourth-order valence-electron chi connectivity index (χ4n) is 1.51. The Morgan fingerprint density at radius 1 is 1.40 bits per heavy atom. The Labute approximate surface area is 89.4 Å². The Morgan fingerprint density at radius 2 is 2.33 bits per heavy atom. The number of hydrogen-bond acceptors (Lipinski definition) is 3. The molecule has 1 aliphatic rings. The molecule has 0 unspecified atom stereocenters. The molecule has 0 spiro atoms. The number of benzene rings is 1. The predicted octanol–water partition coefficient (Wildman–Crippen LogP) is 1.53. The summed E-state index contributed by atoms with van der Waals surface area (Å²) in [4.78, 5) is 0. The summed E-state index contributed by atoms with van der Waals surface area (Å²) in [5.41, 5.74) is 1.11. The molecule has 3 heteroatoms. The number of fused-ring (bicyclic) bond motifs is 1. The van der Waals surface area contributed by atoms with Crippen LogP contribution in [0.1, 0.15) is 12.0 Å². The van der Waals surface area contributed by atoms with Crippen LogP contribution in [0.4, 0.5) is 0 Å². The quantitative estimate of drug-likeness (QED) is 0.594. The molecule has 3 nitrogen and oxygen atoms in total. The van der Waals surface area contributed by atoms with Gasteiger partial charge in [-0.1, -0.05) is 12.1 Å². The van der Waals surface area contributed by atoms with Gasteiger partial charge in [-0.3, -0.25) is 0 Å². The van der Waals surface area contributed by atoms with Gasteiger partial charge in [0, 0.05) is 25.1 Å². The molecule has 78 valence electrons. The summed E-state index contributed by atoms with van der Waals surface area (Å²) in [5.74, 6) is 4.27. The predicted molar refractivity (Wildman–Crippen MR) is 57.7 cm³/mol. The van der Waals surface area contributed by atoms with Crippen LogP contribution in [0.2, 0.25) is 0 Å². The summed E-state index contributed by atoms with van der Waals surface area (Å²) in [5, 5.41) is 3.25. The van der Waals surface area contributed by atoms with Crippen molar-refractivity contribution in [2.45, 2.75) is 13.0 Å². The van der Waals surface area contributed by atoms with Gasteiger partial charge in [-0.25, -0.2) is 0 Å².